The van der Waals surface area contributed by atoms with Crippen LogP contribution in [-0.4, -0.2) is 18.6 Å². The molecule has 3 nitrogen and oxygen atoms in total. The number of carbonyl (C=O) groups excluding carboxylic acids is 1. The molecular formula is C13H19NO2. The molecule has 0 bridgehead atoms. The standard InChI is InChI=1S/C13H19NO2/c1-4-16-13(15)12(14-10(2)3)9-11-7-5-6-8-11/h5-11,14H,4H2,1-3H3/b12-9-. The molecule has 0 radical (unpaired) electrons. The maximum absolute atomic E-state index is 11.7. The number of hydrogen-bond donors (Lipinski definition) is 1. The van der Waals surface area contributed by atoms with Crippen molar-refractivity contribution in [3.8, 4) is 0 Å². The van der Waals surface area contributed by atoms with Crippen LogP contribution in [0, 0.1) is 5.92 Å². The fourth-order valence-corrected chi connectivity index (χ4v) is 1.45. The van der Waals surface area contributed by atoms with Crippen molar-refractivity contribution in [3.05, 3.63) is 36.1 Å². The molecule has 0 saturated carbocycles. The Morgan fingerprint density at radius 3 is 2.56 bits per heavy atom. The van der Waals surface area contributed by atoms with Crippen LogP contribution in [-0.2, 0) is 9.53 Å². The Labute approximate surface area is 96.9 Å². The number of esters is 1. The number of allylic oxidation sites excluding steroid dienone is 5. The minimum absolute atomic E-state index is 0.186. The van der Waals surface area contributed by atoms with Gasteiger partial charge < -0.3 is 10.1 Å². The largest absolute Gasteiger partial charge is 0.461 e. The normalized spacial score (nSPS) is 15.9. The zero-order valence-corrected chi connectivity index (χ0v) is 10.1. The third-order valence-electron chi connectivity index (χ3n) is 2.08. The van der Waals surface area contributed by atoms with Crippen molar-refractivity contribution < 1.29 is 9.53 Å². The van der Waals surface area contributed by atoms with Crippen molar-refractivity contribution in [1.82, 2.24) is 5.32 Å². The van der Waals surface area contributed by atoms with Crippen molar-refractivity contribution >= 4 is 5.97 Å². The second kappa shape index (κ2) is 6.16. The Morgan fingerprint density at radius 1 is 1.44 bits per heavy atom. The number of nitrogens with one attached hydrogen (secondary N) is 1. The SMILES string of the molecule is CCOC(=O)/C(=C/C1C=CC=C1)NC(C)C. The Balaban J connectivity index is 2.73. The molecule has 1 aliphatic carbocycles. The number of ether oxygens (including phenoxy) is 1. The zero-order chi connectivity index (χ0) is 12.0. The minimum Gasteiger partial charge on any atom is -0.461 e. The number of rotatable bonds is 5. The zero-order valence-electron chi connectivity index (χ0n) is 10.1. The molecule has 0 saturated heterocycles. The van der Waals surface area contributed by atoms with Gasteiger partial charge in [0.15, 0.2) is 0 Å². The lowest BCUT2D eigenvalue weighted by Gasteiger charge is -2.14. The lowest BCUT2D eigenvalue weighted by Crippen LogP contribution is -2.28. The molecule has 88 valence electrons. The molecule has 1 rings (SSSR count). The smallest absolute Gasteiger partial charge is 0.354 e. The van der Waals surface area contributed by atoms with E-state index in [0.717, 1.165) is 0 Å². The van der Waals surface area contributed by atoms with Crippen LogP contribution in [0.25, 0.3) is 0 Å². The summed E-state index contributed by atoms with van der Waals surface area (Å²) in [6, 6.07) is 0.213. The predicted molar refractivity (Wildman–Crippen MR) is 64.8 cm³/mol. The average molecular weight is 221 g/mol. The van der Waals surface area contributed by atoms with E-state index < -0.39 is 0 Å². The van der Waals surface area contributed by atoms with E-state index in [1.54, 1.807) is 6.92 Å². The van der Waals surface area contributed by atoms with Crippen LogP contribution in [0.5, 0.6) is 0 Å². The van der Waals surface area contributed by atoms with Crippen molar-refractivity contribution in [3.63, 3.8) is 0 Å². The quantitative estimate of drug-likeness (QED) is 0.571. The molecule has 0 fully saturated rings. The van der Waals surface area contributed by atoms with Gasteiger partial charge in [0.05, 0.1) is 6.61 Å². The molecule has 16 heavy (non-hydrogen) atoms. The first kappa shape index (κ1) is 12.6. The molecular weight excluding hydrogens is 202 g/mol. The summed E-state index contributed by atoms with van der Waals surface area (Å²) in [6.07, 6.45) is 9.89. The van der Waals surface area contributed by atoms with Gasteiger partial charge in [0.2, 0.25) is 0 Å². The second-order valence-corrected chi connectivity index (χ2v) is 3.95. The van der Waals surface area contributed by atoms with Gasteiger partial charge in [-0.15, -0.1) is 0 Å². The molecule has 0 spiro atoms. The molecule has 0 amide bonds. The molecule has 1 aliphatic rings. The van der Waals surface area contributed by atoms with Crippen LogP contribution in [0.4, 0.5) is 0 Å². The topological polar surface area (TPSA) is 38.3 Å². The monoisotopic (exact) mass is 221 g/mol. The molecule has 0 atom stereocenters. The van der Waals surface area contributed by atoms with E-state index in [2.05, 4.69) is 5.32 Å². The summed E-state index contributed by atoms with van der Waals surface area (Å²) in [5.41, 5.74) is 0.540. The fourth-order valence-electron chi connectivity index (χ4n) is 1.45. The lowest BCUT2D eigenvalue weighted by molar-refractivity contribution is -0.139. The van der Waals surface area contributed by atoms with Crippen LogP contribution in [0.15, 0.2) is 36.1 Å². The Hall–Kier alpha value is -1.51. The number of carbonyl (C=O) groups is 1. The summed E-state index contributed by atoms with van der Waals surface area (Å²) >= 11 is 0. The van der Waals surface area contributed by atoms with Gasteiger partial charge in [0.1, 0.15) is 5.70 Å². The first-order valence-electron chi connectivity index (χ1n) is 5.64. The molecule has 0 heterocycles. The van der Waals surface area contributed by atoms with Gasteiger partial charge in [-0.2, -0.15) is 0 Å². The van der Waals surface area contributed by atoms with Crippen LogP contribution in [0.3, 0.4) is 0 Å². The molecule has 0 aliphatic heterocycles. The van der Waals surface area contributed by atoms with Crippen molar-refractivity contribution in [2.24, 2.45) is 5.92 Å². The maximum Gasteiger partial charge on any atom is 0.354 e. The van der Waals surface area contributed by atoms with Gasteiger partial charge in [-0.3, -0.25) is 0 Å². The third-order valence-corrected chi connectivity index (χ3v) is 2.08. The number of hydrogen-bond acceptors (Lipinski definition) is 3. The molecule has 0 aromatic heterocycles. The summed E-state index contributed by atoms with van der Waals surface area (Å²) in [6.45, 7) is 6.19. The van der Waals surface area contributed by atoms with E-state index in [0.29, 0.717) is 12.3 Å². The summed E-state index contributed by atoms with van der Waals surface area (Å²) in [5.74, 6) is -0.101. The van der Waals surface area contributed by atoms with Crippen LogP contribution in [0.2, 0.25) is 0 Å². The van der Waals surface area contributed by atoms with Gasteiger partial charge in [0, 0.05) is 12.0 Å². The van der Waals surface area contributed by atoms with E-state index in [9.17, 15) is 4.79 Å². The summed E-state index contributed by atoms with van der Waals surface area (Å²) in [7, 11) is 0. The molecule has 3 heteroatoms. The Morgan fingerprint density at radius 2 is 2.06 bits per heavy atom. The van der Waals surface area contributed by atoms with E-state index in [-0.39, 0.29) is 17.9 Å². The van der Waals surface area contributed by atoms with Crippen molar-refractivity contribution in [2.75, 3.05) is 6.61 Å². The third kappa shape index (κ3) is 3.93. The highest BCUT2D eigenvalue weighted by Crippen LogP contribution is 2.13. The van der Waals surface area contributed by atoms with Gasteiger partial charge in [-0.25, -0.2) is 4.79 Å². The highest BCUT2D eigenvalue weighted by molar-refractivity contribution is 5.88. The van der Waals surface area contributed by atoms with Gasteiger partial charge in [-0.1, -0.05) is 24.3 Å². The van der Waals surface area contributed by atoms with E-state index in [4.69, 9.17) is 4.74 Å². The summed E-state index contributed by atoms with van der Waals surface area (Å²) in [5, 5.41) is 3.11. The van der Waals surface area contributed by atoms with Crippen molar-refractivity contribution in [2.45, 2.75) is 26.8 Å². The molecule has 0 aromatic carbocycles. The Bertz CT molecular complexity index is 315. The van der Waals surface area contributed by atoms with Gasteiger partial charge in [0.25, 0.3) is 0 Å². The van der Waals surface area contributed by atoms with Crippen LogP contribution in [0.1, 0.15) is 20.8 Å². The fraction of sp³-hybridized carbons (Fsp3) is 0.462. The Kier molecular flexibility index (Phi) is 4.83. The minimum atomic E-state index is -0.287. The van der Waals surface area contributed by atoms with E-state index in [1.807, 2.05) is 44.2 Å². The molecule has 1 N–H and O–H groups in total. The molecule has 0 aromatic rings. The summed E-state index contributed by atoms with van der Waals surface area (Å²) < 4.78 is 5.00. The predicted octanol–water partition coefficient (Wildman–Crippen LogP) is 2.17. The highest BCUT2D eigenvalue weighted by atomic mass is 16.5. The summed E-state index contributed by atoms with van der Waals surface area (Å²) in [4.78, 5) is 11.7. The van der Waals surface area contributed by atoms with E-state index in [1.165, 1.54) is 0 Å². The maximum atomic E-state index is 11.7. The van der Waals surface area contributed by atoms with Gasteiger partial charge >= 0.3 is 5.97 Å². The second-order valence-electron chi connectivity index (χ2n) is 3.95. The first-order valence-corrected chi connectivity index (χ1v) is 5.64. The highest BCUT2D eigenvalue weighted by Gasteiger charge is 2.13. The van der Waals surface area contributed by atoms with Crippen LogP contribution < -0.4 is 5.32 Å². The van der Waals surface area contributed by atoms with Crippen LogP contribution >= 0.6 is 0 Å². The first-order chi connectivity index (χ1) is 7.63. The average Bonchev–Trinajstić information content (AvgIpc) is 2.69. The lowest BCUT2D eigenvalue weighted by atomic mass is 10.1. The van der Waals surface area contributed by atoms with E-state index >= 15 is 0 Å². The van der Waals surface area contributed by atoms with Gasteiger partial charge in [-0.05, 0) is 26.8 Å². The molecule has 0 unspecified atom stereocenters. The van der Waals surface area contributed by atoms with Crippen molar-refractivity contribution in [1.29, 1.82) is 0 Å².